The predicted molar refractivity (Wildman–Crippen MR) is 165 cm³/mol. The van der Waals surface area contributed by atoms with Gasteiger partial charge in [0.2, 0.25) is 0 Å². The van der Waals surface area contributed by atoms with Crippen molar-refractivity contribution in [2.75, 3.05) is 31.5 Å². The van der Waals surface area contributed by atoms with Gasteiger partial charge in [-0.1, -0.05) is 11.6 Å². The van der Waals surface area contributed by atoms with Crippen LogP contribution in [0.4, 0.5) is 37.2 Å². The van der Waals surface area contributed by atoms with Crippen molar-refractivity contribution >= 4 is 41.2 Å². The van der Waals surface area contributed by atoms with Crippen molar-refractivity contribution in [2.45, 2.75) is 42.7 Å². The van der Waals surface area contributed by atoms with E-state index in [4.69, 9.17) is 16.7 Å². The van der Waals surface area contributed by atoms with Crippen LogP contribution in [0.3, 0.4) is 0 Å². The summed E-state index contributed by atoms with van der Waals surface area (Å²) in [7, 11) is 1.29. The minimum Gasteiger partial charge on any atom is -0.465 e. The predicted octanol–water partition coefficient (Wildman–Crippen LogP) is 2.88. The summed E-state index contributed by atoms with van der Waals surface area (Å²) >= 11 is 6.37. The number of aliphatic hydroxyl groups is 1. The molecule has 4 aliphatic rings. The number of imidazole rings is 1. The van der Waals surface area contributed by atoms with E-state index in [2.05, 4.69) is 26.0 Å². The van der Waals surface area contributed by atoms with E-state index in [1.807, 2.05) is 0 Å². The van der Waals surface area contributed by atoms with Gasteiger partial charge in [0.05, 0.1) is 46.7 Å². The van der Waals surface area contributed by atoms with Crippen LogP contribution in [0.25, 0.3) is 11.3 Å². The van der Waals surface area contributed by atoms with Crippen molar-refractivity contribution in [3.8, 4) is 11.3 Å². The molecule has 21 heteroatoms. The van der Waals surface area contributed by atoms with Crippen LogP contribution in [0.5, 0.6) is 0 Å². The number of rotatable bonds is 7. The van der Waals surface area contributed by atoms with Crippen LogP contribution in [0, 0.1) is 11.8 Å². The first-order valence-corrected chi connectivity index (χ1v) is 16.0. The second-order valence-electron chi connectivity index (χ2n) is 13.1. The Morgan fingerprint density at radius 3 is 2.29 bits per heavy atom. The summed E-state index contributed by atoms with van der Waals surface area (Å²) < 4.78 is 70.1. The first-order valence-electron chi connectivity index (χ1n) is 15.6. The van der Waals surface area contributed by atoms with Crippen molar-refractivity contribution in [3.63, 3.8) is 0 Å². The summed E-state index contributed by atoms with van der Waals surface area (Å²) in [5.74, 6) is -4.81. The number of alkyl halides is 5. The van der Waals surface area contributed by atoms with Crippen LogP contribution in [-0.4, -0.2) is 114 Å². The number of aliphatic hydroxyl groups excluding tert-OH is 1. The molecule has 5 N–H and O–H groups in total. The third-order valence-electron chi connectivity index (χ3n) is 9.70. The zero-order chi connectivity index (χ0) is 36.7. The van der Waals surface area contributed by atoms with Gasteiger partial charge in [0.1, 0.15) is 6.04 Å². The fourth-order valence-corrected chi connectivity index (χ4v) is 7.01. The molecule has 3 aromatic rings. The molecule has 272 valence electrons. The molecule has 0 radical (unpaired) electrons. The lowest BCUT2D eigenvalue weighted by Gasteiger charge is -2.24. The van der Waals surface area contributed by atoms with E-state index >= 15 is 0 Å². The summed E-state index contributed by atoms with van der Waals surface area (Å²) in [6.07, 6.45) is -5.95. The van der Waals surface area contributed by atoms with Crippen LogP contribution in [0.1, 0.15) is 39.1 Å². The second kappa shape index (κ2) is 12.1. The molecular formula is C30H29ClF5N9O6. The van der Waals surface area contributed by atoms with Gasteiger partial charge in [0.15, 0.2) is 11.5 Å². The molecule has 2 aromatic heterocycles. The molecule has 2 aliphatic heterocycles. The maximum atomic E-state index is 13.8. The molecule has 4 heterocycles. The number of nitrogens with one attached hydrogen (secondary N) is 3. The van der Waals surface area contributed by atoms with Crippen LogP contribution < -0.4 is 16.0 Å². The van der Waals surface area contributed by atoms with Crippen LogP contribution in [0.15, 0.2) is 30.6 Å². The average Bonchev–Trinajstić information content (AvgIpc) is 3.50. The quantitative estimate of drug-likeness (QED) is 0.229. The van der Waals surface area contributed by atoms with Gasteiger partial charge >= 0.3 is 18.3 Å². The van der Waals surface area contributed by atoms with E-state index in [-0.39, 0.29) is 58.8 Å². The van der Waals surface area contributed by atoms with Crippen LogP contribution in [0.2, 0.25) is 5.02 Å². The molecular weight excluding hydrogens is 713 g/mol. The van der Waals surface area contributed by atoms with E-state index in [1.54, 1.807) is 4.90 Å². The number of carbonyl (C=O) groups excluding carboxylic acids is 3. The molecule has 2 saturated carbocycles. The van der Waals surface area contributed by atoms with Crippen molar-refractivity contribution < 1.29 is 51.3 Å². The van der Waals surface area contributed by atoms with E-state index in [1.165, 1.54) is 25.2 Å². The highest BCUT2D eigenvalue weighted by atomic mass is 35.5. The number of benzene rings is 1. The number of likely N-dealkylation sites (tertiary alicyclic amines) is 2. The van der Waals surface area contributed by atoms with E-state index in [0.29, 0.717) is 17.8 Å². The van der Waals surface area contributed by atoms with Crippen molar-refractivity contribution in [1.29, 1.82) is 0 Å². The third kappa shape index (κ3) is 6.41. The summed E-state index contributed by atoms with van der Waals surface area (Å²) in [5, 5.41) is 30.6. The fraction of sp³-hybridized carbons (Fsp3) is 0.467. The lowest BCUT2D eigenvalue weighted by molar-refractivity contribution is -0.141. The molecule has 2 aliphatic carbocycles. The highest BCUT2D eigenvalue weighted by Gasteiger charge is 2.60. The Balaban J connectivity index is 0.944. The Bertz CT molecular complexity index is 1940. The summed E-state index contributed by atoms with van der Waals surface area (Å²) in [6.45, 7) is 0.564. The lowest BCUT2D eigenvalue weighted by Crippen LogP contribution is -2.50. The smallest absolute Gasteiger partial charge is 0.435 e. The standard InChI is InChI=1S/C30H29ClF5N9O6/c1-42-19(16-9-45(21-5-29(21,32)33)41-23(16)30(34,35)36)6-37-24(42)26(48)38-12-2-3-13(17(31)4-12)25(47)40-22-14-7-43(8-15(14)22)27(49)39-18-10-44(28(50)51)11-20(18)46/h2-4,6,9,14-15,18,20-22,46H,5,7-8,10-11H2,1H3,(H,38,48)(H,39,49)(H,40,47)(H,50,51)/t14-,15+,18-,20-,21+,22-/m1/s1. The Morgan fingerprint density at radius 1 is 1.02 bits per heavy atom. The number of β-amino-alcohol motifs (C(OH)–C–C–N with tert-alkyl or cyclic N) is 1. The van der Waals surface area contributed by atoms with E-state index < -0.39 is 71.9 Å². The molecule has 51 heavy (non-hydrogen) atoms. The Morgan fingerprint density at radius 2 is 1.71 bits per heavy atom. The number of carbonyl (C=O) groups is 4. The minimum atomic E-state index is -4.97. The molecule has 1 aromatic carbocycles. The zero-order valence-corrected chi connectivity index (χ0v) is 27.1. The van der Waals surface area contributed by atoms with Crippen molar-refractivity contribution in [1.82, 2.24) is 39.8 Å². The topological polar surface area (TPSA) is 187 Å². The maximum absolute atomic E-state index is 13.8. The Labute approximate surface area is 289 Å². The largest absolute Gasteiger partial charge is 0.465 e. The highest BCUT2D eigenvalue weighted by molar-refractivity contribution is 6.34. The molecule has 15 nitrogen and oxygen atoms in total. The van der Waals surface area contributed by atoms with E-state index in [9.17, 15) is 46.2 Å². The highest BCUT2D eigenvalue weighted by Crippen LogP contribution is 2.53. The van der Waals surface area contributed by atoms with Gasteiger partial charge in [-0.15, -0.1) is 0 Å². The van der Waals surface area contributed by atoms with Gasteiger partial charge in [0, 0.05) is 62.9 Å². The average molecular weight is 742 g/mol. The molecule has 2 saturated heterocycles. The van der Waals surface area contributed by atoms with Gasteiger partial charge in [0.25, 0.3) is 17.7 Å². The maximum Gasteiger partial charge on any atom is 0.435 e. The van der Waals surface area contributed by atoms with E-state index in [0.717, 1.165) is 21.9 Å². The number of fused-ring (bicyclic) bond motifs is 1. The number of anilines is 1. The number of nitrogens with zero attached hydrogens (tertiary/aromatic N) is 6. The first kappa shape index (κ1) is 34.5. The minimum absolute atomic E-state index is 0.0118. The Hall–Kier alpha value is -4.98. The second-order valence-corrected chi connectivity index (χ2v) is 13.5. The summed E-state index contributed by atoms with van der Waals surface area (Å²) in [5.41, 5.74) is -1.85. The molecule has 6 atom stereocenters. The number of urea groups is 1. The molecule has 0 spiro atoms. The number of halogens is 6. The van der Waals surface area contributed by atoms with Gasteiger partial charge in [-0.3, -0.25) is 14.3 Å². The zero-order valence-electron chi connectivity index (χ0n) is 26.4. The Kier molecular flexibility index (Phi) is 8.16. The number of amides is 5. The van der Waals surface area contributed by atoms with Crippen LogP contribution >= 0.6 is 11.6 Å². The van der Waals surface area contributed by atoms with Gasteiger partial charge in [-0.2, -0.15) is 18.3 Å². The number of carboxylic acid groups (broad SMARTS) is 1. The molecule has 0 unspecified atom stereocenters. The van der Waals surface area contributed by atoms with Crippen molar-refractivity contribution in [2.24, 2.45) is 18.9 Å². The van der Waals surface area contributed by atoms with Gasteiger partial charge in [-0.25, -0.2) is 23.4 Å². The fourth-order valence-electron chi connectivity index (χ4n) is 6.74. The first-order chi connectivity index (χ1) is 23.9. The lowest BCUT2D eigenvalue weighted by atomic mass is 10.2. The molecule has 4 fully saturated rings. The molecule has 0 bridgehead atoms. The summed E-state index contributed by atoms with van der Waals surface area (Å²) in [6, 6.07) is 1.19. The van der Waals surface area contributed by atoms with Crippen LogP contribution in [-0.2, 0) is 13.2 Å². The molecule has 5 amide bonds. The van der Waals surface area contributed by atoms with Gasteiger partial charge < -0.3 is 40.5 Å². The van der Waals surface area contributed by atoms with Crippen molar-refractivity contribution in [3.05, 3.63) is 52.7 Å². The monoisotopic (exact) mass is 741 g/mol. The number of piperidine rings is 1. The molecule has 7 rings (SSSR count). The number of hydrogen-bond donors (Lipinski definition) is 5. The number of aromatic nitrogens is 4. The SMILES string of the molecule is Cn1c(-c2cn([C@H]3CC3(F)F)nc2C(F)(F)F)cnc1C(=O)Nc1ccc(C(=O)N[C@@H]2[C@@H]3CN(C(=O)N[C@@H]4CN(C(=O)O)C[C@H]4O)C[C@@H]32)c(Cl)c1. The summed E-state index contributed by atoms with van der Waals surface area (Å²) in [4.78, 5) is 56.4. The van der Waals surface area contributed by atoms with Gasteiger partial charge in [-0.05, 0) is 18.2 Å². The normalized spacial score (nSPS) is 26.1. The third-order valence-corrected chi connectivity index (χ3v) is 10.0. The number of hydrogen-bond acceptors (Lipinski definition) is 7.